The van der Waals surface area contributed by atoms with E-state index in [0.717, 1.165) is 36.7 Å². The maximum atomic E-state index is 11.1. The first kappa shape index (κ1) is 22.5. The summed E-state index contributed by atoms with van der Waals surface area (Å²) < 4.78 is 1.94. The average Bonchev–Trinajstić information content (AvgIpc) is 2.89. The molecule has 0 radical (unpaired) electrons. The fraction of sp³-hybridized carbons (Fsp3) is 0.500. The summed E-state index contributed by atoms with van der Waals surface area (Å²) in [4.78, 5) is 15.8. The van der Waals surface area contributed by atoms with Crippen molar-refractivity contribution < 1.29 is 4.79 Å². The largest absolute Gasteiger partial charge is 0.357 e. The number of nitrogens with one attached hydrogen (secondary N) is 3. The number of anilines is 1. The zero-order valence-electron chi connectivity index (χ0n) is 18.5. The van der Waals surface area contributed by atoms with Crippen molar-refractivity contribution in [3.8, 4) is 0 Å². The molecule has 2 rings (SSSR count). The molecule has 7 nitrogen and oxygen atoms in total. The minimum Gasteiger partial charge on any atom is -0.357 e. The van der Waals surface area contributed by atoms with Gasteiger partial charge in [-0.05, 0) is 63.8 Å². The fourth-order valence-corrected chi connectivity index (χ4v) is 3.28. The summed E-state index contributed by atoms with van der Waals surface area (Å²) in [7, 11) is 1.98. The number of aromatic nitrogens is 2. The lowest BCUT2D eigenvalue weighted by Crippen LogP contribution is -2.43. The Bertz CT molecular complexity index is 838. The van der Waals surface area contributed by atoms with E-state index in [2.05, 4.69) is 48.7 Å². The third-order valence-electron chi connectivity index (χ3n) is 4.84. The second-order valence-electron chi connectivity index (χ2n) is 7.41. The fourth-order valence-electron chi connectivity index (χ4n) is 3.28. The minimum absolute atomic E-state index is 0.0607. The molecule has 2 aromatic rings. The molecular formula is C22H34N6O. The third-order valence-corrected chi connectivity index (χ3v) is 4.84. The SMILES string of the molecule is CCNC(=NCCc1ccc(NC(C)=O)cc1)NC(C)Cc1c(C)nn(C)c1C. The lowest BCUT2D eigenvalue weighted by molar-refractivity contribution is -0.114. The number of aryl methyl sites for hydroxylation is 2. The van der Waals surface area contributed by atoms with E-state index >= 15 is 0 Å². The molecule has 1 unspecified atom stereocenters. The van der Waals surface area contributed by atoms with Gasteiger partial charge in [0.25, 0.3) is 0 Å². The van der Waals surface area contributed by atoms with Gasteiger partial charge in [0.05, 0.1) is 5.69 Å². The number of aliphatic imine (C=N–C) groups is 1. The zero-order valence-corrected chi connectivity index (χ0v) is 18.5. The Morgan fingerprint density at radius 1 is 1.24 bits per heavy atom. The van der Waals surface area contributed by atoms with Crippen molar-refractivity contribution in [1.29, 1.82) is 0 Å². The summed E-state index contributed by atoms with van der Waals surface area (Å²) in [6.07, 6.45) is 1.74. The highest BCUT2D eigenvalue weighted by Crippen LogP contribution is 2.14. The normalized spacial score (nSPS) is 12.6. The van der Waals surface area contributed by atoms with E-state index in [0.29, 0.717) is 6.54 Å². The van der Waals surface area contributed by atoms with Crippen LogP contribution in [-0.2, 0) is 24.7 Å². The van der Waals surface area contributed by atoms with Gasteiger partial charge >= 0.3 is 0 Å². The van der Waals surface area contributed by atoms with E-state index in [1.54, 1.807) is 0 Å². The number of nitrogens with zero attached hydrogens (tertiary/aromatic N) is 3. The van der Waals surface area contributed by atoms with Crippen LogP contribution in [0.25, 0.3) is 0 Å². The highest BCUT2D eigenvalue weighted by molar-refractivity contribution is 5.88. The highest BCUT2D eigenvalue weighted by atomic mass is 16.1. The van der Waals surface area contributed by atoms with Gasteiger partial charge in [0.15, 0.2) is 5.96 Å². The number of amides is 1. The maximum Gasteiger partial charge on any atom is 0.221 e. The molecule has 1 amide bonds. The molecule has 0 bridgehead atoms. The summed E-state index contributed by atoms with van der Waals surface area (Å²) >= 11 is 0. The van der Waals surface area contributed by atoms with Gasteiger partial charge in [0.1, 0.15) is 0 Å². The van der Waals surface area contributed by atoms with Crippen molar-refractivity contribution in [2.45, 2.75) is 53.5 Å². The van der Waals surface area contributed by atoms with Gasteiger partial charge < -0.3 is 16.0 Å². The smallest absolute Gasteiger partial charge is 0.221 e. The topological polar surface area (TPSA) is 83.3 Å². The molecule has 0 saturated heterocycles. The molecule has 0 aliphatic heterocycles. The number of carbonyl (C=O) groups is 1. The lowest BCUT2D eigenvalue weighted by atomic mass is 10.1. The van der Waals surface area contributed by atoms with Crippen LogP contribution < -0.4 is 16.0 Å². The average molecular weight is 399 g/mol. The molecule has 1 atom stereocenters. The second kappa shape index (κ2) is 10.6. The molecule has 29 heavy (non-hydrogen) atoms. The van der Waals surface area contributed by atoms with E-state index in [1.807, 2.05) is 36.0 Å². The maximum absolute atomic E-state index is 11.1. The van der Waals surface area contributed by atoms with E-state index < -0.39 is 0 Å². The lowest BCUT2D eigenvalue weighted by Gasteiger charge is -2.18. The van der Waals surface area contributed by atoms with Crippen LogP contribution in [0.4, 0.5) is 5.69 Å². The molecule has 0 saturated carbocycles. The van der Waals surface area contributed by atoms with Crippen molar-refractivity contribution in [2.24, 2.45) is 12.0 Å². The molecular weight excluding hydrogens is 364 g/mol. The van der Waals surface area contributed by atoms with Gasteiger partial charge in [0, 0.05) is 44.5 Å². The van der Waals surface area contributed by atoms with Crippen molar-refractivity contribution >= 4 is 17.6 Å². The standard InChI is InChI=1S/C22H34N6O/c1-7-23-22(25-15(2)14-21-16(3)27-28(6)17(21)4)24-13-12-19-8-10-20(11-9-19)26-18(5)29/h8-11,15H,7,12-14H2,1-6H3,(H,26,29)(H2,23,24,25). The predicted molar refractivity (Wildman–Crippen MR) is 119 cm³/mol. The van der Waals surface area contributed by atoms with Gasteiger partial charge in [-0.15, -0.1) is 0 Å². The summed E-state index contributed by atoms with van der Waals surface area (Å²) in [6.45, 7) is 11.4. The van der Waals surface area contributed by atoms with Crippen molar-refractivity contribution in [1.82, 2.24) is 20.4 Å². The van der Waals surface area contributed by atoms with Gasteiger partial charge in [-0.2, -0.15) is 5.10 Å². The number of rotatable bonds is 8. The molecule has 0 spiro atoms. The van der Waals surface area contributed by atoms with E-state index in [-0.39, 0.29) is 11.9 Å². The minimum atomic E-state index is -0.0607. The quantitative estimate of drug-likeness (QED) is 0.472. The Hall–Kier alpha value is -2.83. The van der Waals surface area contributed by atoms with Crippen LogP contribution in [0.15, 0.2) is 29.3 Å². The van der Waals surface area contributed by atoms with Crippen molar-refractivity contribution in [3.05, 3.63) is 46.8 Å². The summed E-state index contributed by atoms with van der Waals surface area (Å²) in [5.74, 6) is 0.767. The molecule has 0 aliphatic carbocycles. The molecule has 7 heteroatoms. The van der Waals surface area contributed by atoms with E-state index in [9.17, 15) is 4.79 Å². The number of hydrogen-bond donors (Lipinski definition) is 3. The Morgan fingerprint density at radius 3 is 2.48 bits per heavy atom. The summed E-state index contributed by atoms with van der Waals surface area (Å²) in [5, 5.41) is 14.1. The monoisotopic (exact) mass is 398 g/mol. The van der Waals surface area contributed by atoms with Crippen LogP contribution >= 0.6 is 0 Å². The van der Waals surface area contributed by atoms with Gasteiger partial charge in [-0.1, -0.05) is 12.1 Å². The van der Waals surface area contributed by atoms with Gasteiger partial charge in [-0.25, -0.2) is 0 Å². The zero-order chi connectivity index (χ0) is 21.4. The number of benzene rings is 1. The highest BCUT2D eigenvalue weighted by Gasteiger charge is 2.14. The Balaban J connectivity index is 1.92. The van der Waals surface area contributed by atoms with Crippen LogP contribution in [-0.4, -0.2) is 40.8 Å². The third kappa shape index (κ3) is 6.93. The first-order valence-corrected chi connectivity index (χ1v) is 10.2. The first-order valence-electron chi connectivity index (χ1n) is 10.2. The van der Waals surface area contributed by atoms with E-state index in [4.69, 9.17) is 4.99 Å². The molecule has 0 aliphatic rings. The van der Waals surface area contributed by atoms with E-state index in [1.165, 1.54) is 23.7 Å². The van der Waals surface area contributed by atoms with Gasteiger partial charge in [-0.3, -0.25) is 14.5 Å². The molecule has 3 N–H and O–H groups in total. The Morgan fingerprint density at radius 2 is 1.93 bits per heavy atom. The number of guanidine groups is 1. The van der Waals surface area contributed by atoms with Crippen LogP contribution in [0, 0.1) is 13.8 Å². The number of carbonyl (C=O) groups excluding carboxylic acids is 1. The van der Waals surface area contributed by atoms with Crippen molar-refractivity contribution in [2.75, 3.05) is 18.4 Å². The van der Waals surface area contributed by atoms with Crippen LogP contribution in [0.3, 0.4) is 0 Å². The Labute approximate surface area is 174 Å². The van der Waals surface area contributed by atoms with Crippen LogP contribution in [0.5, 0.6) is 0 Å². The summed E-state index contributed by atoms with van der Waals surface area (Å²) in [5.41, 5.74) is 5.59. The van der Waals surface area contributed by atoms with Gasteiger partial charge in [0.2, 0.25) is 5.91 Å². The first-order chi connectivity index (χ1) is 13.8. The molecule has 0 fully saturated rings. The molecule has 1 aromatic heterocycles. The van der Waals surface area contributed by atoms with Crippen LogP contribution in [0.1, 0.15) is 43.3 Å². The number of hydrogen-bond acceptors (Lipinski definition) is 3. The van der Waals surface area contributed by atoms with Crippen molar-refractivity contribution in [3.63, 3.8) is 0 Å². The summed E-state index contributed by atoms with van der Waals surface area (Å²) in [6, 6.07) is 8.14. The Kier molecular flexibility index (Phi) is 8.24. The molecule has 1 heterocycles. The second-order valence-corrected chi connectivity index (χ2v) is 7.41. The van der Waals surface area contributed by atoms with Crippen LogP contribution in [0.2, 0.25) is 0 Å². The molecule has 1 aromatic carbocycles. The predicted octanol–water partition coefficient (Wildman–Crippen LogP) is 2.72. The molecule has 158 valence electrons.